The van der Waals surface area contributed by atoms with Crippen LogP contribution < -0.4 is 10.6 Å². The molecule has 4 heterocycles. The van der Waals surface area contributed by atoms with E-state index in [1.165, 1.54) is 26.9 Å². The molecular formula is C19H25N5O6S2. The molecule has 2 aromatic heterocycles. The smallest absolute Gasteiger partial charge is 0.284 e. The third-order valence-electron chi connectivity index (χ3n) is 5.65. The molecule has 2 aliphatic heterocycles. The topological polar surface area (TPSA) is 147 Å². The van der Waals surface area contributed by atoms with Crippen LogP contribution in [0, 0.1) is 0 Å². The molecule has 1 amide bonds. The lowest BCUT2D eigenvalue weighted by molar-refractivity contribution is 0.0968. The Kier molecular flexibility index (Phi) is 6.25. The molecule has 2 aliphatic rings. The monoisotopic (exact) mass is 483 g/mol. The first-order valence-corrected chi connectivity index (χ1v) is 13.2. The minimum atomic E-state index is -3.89. The van der Waals surface area contributed by atoms with Gasteiger partial charge >= 0.3 is 0 Å². The van der Waals surface area contributed by atoms with Gasteiger partial charge in [0.2, 0.25) is 15.1 Å². The number of hydrogen-bond acceptors (Lipinski definition) is 8. The third-order valence-corrected chi connectivity index (χ3v) is 9.31. The van der Waals surface area contributed by atoms with Crippen molar-refractivity contribution in [1.82, 2.24) is 13.6 Å². The maximum atomic E-state index is 12.8. The fourth-order valence-corrected chi connectivity index (χ4v) is 6.64. The van der Waals surface area contributed by atoms with Crippen molar-refractivity contribution in [2.24, 2.45) is 5.73 Å². The Hall–Kier alpha value is -2.48. The molecule has 2 fully saturated rings. The lowest BCUT2D eigenvalue weighted by atomic mass is 10.2. The number of carbonyl (C=O) groups excluding carboxylic acids is 1. The first kappa shape index (κ1) is 22.7. The number of furan rings is 1. The average Bonchev–Trinajstić information content (AvgIpc) is 3.32. The molecule has 0 aliphatic carbocycles. The molecule has 13 heteroatoms. The number of nitrogens with zero attached hydrogens (tertiary/aromatic N) is 4. The van der Waals surface area contributed by atoms with Crippen LogP contribution >= 0.6 is 0 Å². The average molecular weight is 484 g/mol. The Labute approximate surface area is 186 Å². The first-order chi connectivity index (χ1) is 15.2. The highest BCUT2D eigenvalue weighted by molar-refractivity contribution is 7.89. The van der Waals surface area contributed by atoms with E-state index in [0.717, 1.165) is 19.3 Å². The Bertz CT molecular complexity index is 1180. The van der Waals surface area contributed by atoms with Crippen LogP contribution in [0.25, 0.3) is 0 Å². The number of amides is 1. The van der Waals surface area contributed by atoms with Crippen LogP contribution in [0.5, 0.6) is 0 Å². The van der Waals surface area contributed by atoms with E-state index in [0.29, 0.717) is 32.0 Å². The zero-order chi connectivity index (χ0) is 22.9. The summed E-state index contributed by atoms with van der Waals surface area (Å²) in [5, 5.41) is -0.329. The summed E-state index contributed by atoms with van der Waals surface area (Å²) in [5.74, 6) is -0.479. The fourth-order valence-electron chi connectivity index (χ4n) is 3.84. The fraction of sp³-hybridized carbons (Fsp3) is 0.474. The van der Waals surface area contributed by atoms with Crippen LogP contribution in [0.2, 0.25) is 0 Å². The highest BCUT2D eigenvalue weighted by atomic mass is 32.2. The molecule has 0 unspecified atom stereocenters. The maximum absolute atomic E-state index is 12.8. The summed E-state index contributed by atoms with van der Waals surface area (Å²) in [4.78, 5) is 17.5. The van der Waals surface area contributed by atoms with Crippen molar-refractivity contribution in [3.63, 3.8) is 0 Å². The van der Waals surface area contributed by atoms with Crippen LogP contribution in [0.15, 0.2) is 44.9 Å². The lowest BCUT2D eigenvalue weighted by Crippen LogP contribution is -2.48. The van der Waals surface area contributed by atoms with E-state index in [2.05, 4.69) is 4.98 Å². The van der Waals surface area contributed by atoms with E-state index in [1.54, 1.807) is 12.1 Å². The van der Waals surface area contributed by atoms with Crippen molar-refractivity contribution < 1.29 is 26.0 Å². The van der Waals surface area contributed by atoms with Gasteiger partial charge in [-0.2, -0.15) is 8.61 Å². The number of hydrogen-bond donors (Lipinski definition) is 1. The van der Waals surface area contributed by atoms with Gasteiger partial charge in [0.05, 0.1) is 0 Å². The third kappa shape index (κ3) is 4.37. The molecule has 0 aromatic carbocycles. The van der Waals surface area contributed by atoms with E-state index in [9.17, 15) is 21.6 Å². The minimum absolute atomic E-state index is 0.160. The molecule has 0 atom stereocenters. The van der Waals surface area contributed by atoms with Gasteiger partial charge in [-0.15, -0.1) is 0 Å². The zero-order valence-corrected chi connectivity index (χ0v) is 19.0. The largest absolute Gasteiger partial charge is 0.438 e. The van der Waals surface area contributed by atoms with Gasteiger partial charge in [0.15, 0.2) is 5.76 Å². The van der Waals surface area contributed by atoms with Crippen molar-refractivity contribution in [3.8, 4) is 0 Å². The Balaban J connectivity index is 1.41. The van der Waals surface area contributed by atoms with Crippen molar-refractivity contribution in [3.05, 3.63) is 36.2 Å². The summed E-state index contributed by atoms with van der Waals surface area (Å²) in [7, 11) is -7.44. The molecule has 4 rings (SSSR count). The zero-order valence-electron chi connectivity index (χ0n) is 17.4. The van der Waals surface area contributed by atoms with E-state index >= 15 is 0 Å². The first-order valence-electron chi connectivity index (χ1n) is 10.3. The molecule has 0 saturated carbocycles. The number of primary amides is 1. The molecular weight excluding hydrogens is 458 g/mol. The summed E-state index contributed by atoms with van der Waals surface area (Å²) in [5.41, 5.74) is 5.12. The molecule has 0 radical (unpaired) electrons. The van der Waals surface area contributed by atoms with Gasteiger partial charge in [-0.05, 0) is 37.1 Å². The van der Waals surface area contributed by atoms with Gasteiger partial charge < -0.3 is 15.1 Å². The van der Waals surface area contributed by atoms with Gasteiger partial charge in [0, 0.05) is 45.5 Å². The molecule has 174 valence electrons. The Morgan fingerprint density at radius 3 is 2.06 bits per heavy atom. The standard InChI is InChI=1S/C19H25N5O6S2/c20-19(25)16-5-7-18(30-16)32(28,29)24-12-10-22(11-13-24)17-6-4-15(14-21-17)31(26,27)23-8-2-1-3-9-23/h4-7,14H,1-3,8-13H2,(H2,20,25). The number of carbonyl (C=O) groups is 1. The molecule has 2 aromatic rings. The number of aromatic nitrogens is 1. The van der Waals surface area contributed by atoms with Crippen LogP contribution in [0.1, 0.15) is 29.8 Å². The van der Waals surface area contributed by atoms with E-state index < -0.39 is 26.0 Å². The number of piperidine rings is 1. The summed E-state index contributed by atoms with van der Waals surface area (Å²) in [6.45, 7) is 2.16. The van der Waals surface area contributed by atoms with Crippen LogP contribution in [0.3, 0.4) is 0 Å². The van der Waals surface area contributed by atoms with Crippen molar-refractivity contribution in [2.45, 2.75) is 29.3 Å². The Morgan fingerprint density at radius 2 is 1.50 bits per heavy atom. The van der Waals surface area contributed by atoms with Crippen molar-refractivity contribution in [1.29, 1.82) is 0 Å². The van der Waals surface area contributed by atoms with Crippen LogP contribution in [-0.4, -0.2) is 75.6 Å². The number of anilines is 1. The minimum Gasteiger partial charge on any atom is -0.438 e. The summed E-state index contributed by atoms with van der Waals surface area (Å²) in [6.07, 6.45) is 4.12. The Morgan fingerprint density at radius 1 is 0.844 bits per heavy atom. The second kappa shape index (κ2) is 8.81. The van der Waals surface area contributed by atoms with Gasteiger partial charge in [0.25, 0.3) is 15.9 Å². The van der Waals surface area contributed by atoms with E-state index in [1.807, 2.05) is 4.90 Å². The summed E-state index contributed by atoms with van der Waals surface area (Å²) < 4.78 is 58.9. The molecule has 0 bridgehead atoms. The lowest BCUT2D eigenvalue weighted by Gasteiger charge is -2.34. The van der Waals surface area contributed by atoms with Crippen molar-refractivity contribution in [2.75, 3.05) is 44.2 Å². The number of nitrogens with two attached hydrogens (primary N) is 1. The molecule has 11 nitrogen and oxygen atoms in total. The second-order valence-electron chi connectivity index (χ2n) is 7.69. The van der Waals surface area contributed by atoms with Crippen LogP contribution in [0.4, 0.5) is 5.82 Å². The molecule has 2 saturated heterocycles. The maximum Gasteiger partial charge on any atom is 0.284 e. The number of sulfonamides is 2. The predicted octanol–water partition coefficient (Wildman–Crippen LogP) is 0.459. The van der Waals surface area contributed by atoms with E-state index in [4.69, 9.17) is 10.2 Å². The molecule has 2 N–H and O–H groups in total. The van der Waals surface area contributed by atoms with Gasteiger partial charge in [0.1, 0.15) is 10.7 Å². The highest BCUT2D eigenvalue weighted by Crippen LogP contribution is 2.24. The highest BCUT2D eigenvalue weighted by Gasteiger charge is 2.32. The SMILES string of the molecule is NC(=O)c1ccc(S(=O)(=O)N2CCN(c3ccc(S(=O)(=O)N4CCCCC4)cn3)CC2)o1. The van der Waals surface area contributed by atoms with Gasteiger partial charge in [-0.3, -0.25) is 4.79 Å². The number of rotatable bonds is 6. The number of pyridine rings is 1. The van der Waals surface area contributed by atoms with Gasteiger partial charge in [-0.25, -0.2) is 21.8 Å². The summed E-state index contributed by atoms with van der Waals surface area (Å²) >= 11 is 0. The molecule has 32 heavy (non-hydrogen) atoms. The quantitative estimate of drug-likeness (QED) is 0.623. The number of piperazine rings is 1. The second-order valence-corrected chi connectivity index (χ2v) is 11.5. The van der Waals surface area contributed by atoms with Crippen molar-refractivity contribution >= 4 is 31.8 Å². The van der Waals surface area contributed by atoms with Crippen LogP contribution in [-0.2, 0) is 20.0 Å². The van der Waals surface area contributed by atoms with E-state index in [-0.39, 0.29) is 28.8 Å². The normalized spacial score (nSPS) is 19.2. The predicted molar refractivity (Wildman–Crippen MR) is 115 cm³/mol. The summed E-state index contributed by atoms with van der Waals surface area (Å²) in [6, 6.07) is 5.63. The van der Waals surface area contributed by atoms with Gasteiger partial charge in [-0.1, -0.05) is 6.42 Å². The molecule has 0 spiro atoms.